The van der Waals surface area contributed by atoms with Gasteiger partial charge < -0.3 is 23.7 Å². The molecule has 1 saturated heterocycles. The zero-order valence-electron chi connectivity index (χ0n) is 18.3. The van der Waals surface area contributed by atoms with E-state index in [-0.39, 0.29) is 6.61 Å². The first-order valence-electron chi connectivity index (χ1n) is 9.96. The van der Waals surface area contributed by atoms with Gasteiger partial charge in [-0.1, -0.05) is 23.9 Å². The van der Waals surface area contributed by atoms with Crippen LogP contribution >= 0.6 is 23.1 Å². The van der Waals surface area contributed by atoms with Gasteiger partial charge in [-0.25, -0.2) is 4.98 Å². The predicted octanol–water partition coefficient (Wildman–Crippen LogP) is 2.47. The van der Waals surface area contributed by atoms with Crippen LogP contribution < -0.4 is 0 Å². The third-order valence-corrected chi connectivity index (χ3v) is 6.71. The average Bonchev–Trinajstić information content (AvgIpc) is 3.26. The van der Waals surface area contributed by atoms with Crippen molar-refractivity contribution in [2.75, 3.05) is 6.61 Å². The summed E-state index contributed by atoms with van der Waals surface area (Å²) in [5.74, 6) is -2.50. The van der Waals surface area contributed by atoms with Crippen molar-refractivity contribution in [3.8, 4) is 0 Å². The fraction of sp³-hybridized carbons (Fsp3) is 0.476. The van der Waals surface area contributed by atoms with Crippen molar-refractivity contribution in [3.63, 3.8) is 0 Å². The number of para-hydroxylation sites is 1. The molecule has 0 bridgehead atoms. The van der Waals surface area contributed by atoms with Gasteiger partial charge in [0.2, 0.25) is 0 Å². The zero-order chi connectivity index (χ0) is 24.1. The number of thioether (sulfide) groups is 1. The number of ether oxygens (including phenoxy) is 5. The Bertz CT molecular complexity index is 1010. The van der Waals surface area contributed by atoms with Crippen LogP contribution in [0.1, 0.15) is 27.7 Å². The zero-order valence-corrected chi connectivity index (χ0v) is 20.0. The van der Waals surface area contributed by atoms with Crippen molar-refractivity contribution < 1.29 is 42.9 Å². The number of carbonyl (C=O) groups excluding carboxylic acids is 4. The number of fused-ring (bicyclic) bond motifs is 1. The maximum absolute atomic E-state index is 11.8. The lowest BCUT2D eigenvalue weighted by atomic mass is 10.1. The molecule has 178 valence electrons. The molecule has 1 aromatic heterocycles. The van der Waals surface area contributed by atoms with Gasteiger partial charge in [-0.05, 0) is 12.1 Å². The van der Waals surface area contributed by atoms with Gasteiger partial charge in [-0.15, -0.1) is 11.3 Å². The molecule has 0 unspecified atom stereocenters. The summed E-state index contributed by atoms with van der Waals surface area (Å²) in [5, 5.41) is 0. The molecule has 1 aliphatic rings. The second-order valence-corrected chi connectivity index (χ2v) is 9.51. The predicted molar refractivity (Wildman–Crippen MR) is 117 cm³/mol. The van der Waals surface area contributed by atoms with Crippen molar-refractivity contribution >= 4 is 57.2 Å². The van der Waals surface area contributed by atoms with Crippen molar-refractivity contribution in [3.05, 3.63) is 24.3 Å². The van der Waals surface area contributed by atoms with E-state index in [0.29, 0.717) is 4.34 Å². The minimum Gasteiger partial charge on any atom is -0.462 e. The summed E-state index contributed by atoms with van der Waals surface area (Å²) in [5.41, 5.74) is -0.0352. The number of nitrogens with zero attached hydrogens (tertiary/aromatic N) is 1. The average molecular weight is 498 g/mol. The second-order valence-electron chi connectivity index (χ2n) is 7.13. The maximum atomic E-state index is 11.8. The summed E-state index contributed by atoms with van der Waals surface area (Å²) in [6.45, 7) is 4.48. The van der Waals surface area contributed by atoms with E-state index < -0.39 is 53.7 Å². The fourth-order valence-electron chi connectivity index (χ4n) is 3.30. The summed E-state index contributed by atoms with van der Waals surface area (Å²) in [4.78, 5) is 51.3. The molecule has 2 heterocycles. The summed E-state index contributed by atoms with van der Waals surface area (Å²) >= 11 is 2.61. The maximum Gasteiger partial charge on any atom is 0.303 e. The molecule has 5 atom stereocenters. The molecular weight excluding hydrogens is 474 g/mol. The number of hydrogen-bond donors (Lipinski definition) is 0. The highest BCUT2D eigenvalue weighted by Gasteiger charge is 2.54. The van der Waals surface area contributed by atoms with Crippen LogP contribution in [0.3, 0.4) is 0 Å². The van der Waals surface area contributed by atoms with E-state index >= 15 is 0 Å². The lowest BCUT2D eigenvalue weighted by Crippen LogP contribution is -2.46. The molecule has 1 aliphatic heterocycles. The number of aromatic nitrogens is 1. The molecule has 0 amide bonds. The minimum absolute atomic E-state index is 0.331. The van der Waals surface area contributed by atoms with E-state index in [1.807, 2.05) is 24.3 Å². The molecule has 10 nitrogen and oxygen atoms in total. The van der Waals surface area contributed by atoms with E-state index in [2.05, 4.69) is 4.98 Å². The van der Waals surface area contributed by atoms with Crippen molar-refractivity contribution in [1.29, 1.82) is 0 Å². The largest absolute Gasteiger partial charge is 0.462 e. The second kappa shape index (κ2) is 10.9. The third-order valence-electron chi connectivity index (χ3n) is 4.44. The Balaban J connectivity index is 1.92. The molecule has 33 heavy (non-hydrogen) atoms. The number of esters is 4. The van der Waals surface area contributed by atoms with Crippen LogP contribution in [0.2, 0.25) is 0 Å². The smallest absolute Gasteiger partial charge is 0.303 e. The number of carbonyl (C=O) groups is 4. The van der Waals surface area contributed by atoms with Gasteiger partial charge in [-0.3, -0.25) is 19.2 Å². The van der Waals surface area contributed by atoms with E-state index in [4.69, 9.17) is 23.7 Å². The Hall–Kier alpha value is -2.70. The Morgan fingerprint density at radius 2 is 1.67 bits per heavy atom. The van der Waals surface area contributed by atoms with Crippen LogP contribution in [0.4, 0.5) is 0 Å². The van der Waals surface area contributed by atoms with Crippen LogP contribution in [0, 0.1) is 0 Å². The summed E-state index contributed by atoms with van der Waals surface area (Å²) in [6.07, 6.45) is -4.30. The van der Waals surface area contributed by atoms with Crippen LogP contribution in [0.25, 0.3) is 10.2 Å². The van der Waals surface area contributed by atoms with Gasteiger partial charge >= 0.3 is 23.9 Å². The Morgan fingerprint density at radius 3 is 2.27 bits per heavy atom. The monoisotopic (exact) mass is 497 g/mol. The Labute approximate surface area is 197 Å². The number of benzene rings is 1. The fourth-order valence-corrected chi connectivity index (χ4v) is 5.62. The highest BCUT2D eigenvalue weighted by Crippen LogP contribution is 2.41. The highest BCUT2D eigenvalue weighted by atomic mass is 32.2. The molecule has 0 radical (unpaired) electrons. The van der Waals surface area contributed by atoms with Crippen LogP contribution in [0.15, 0.2) is 28.6 Å². The first kappa shape index (κ1) is 24.9. The van der Waals surface area contributed by atoms with Gasteiger partial charge in [-0.2, -0.15) is 0 Å². The first-order chi connectivity index (χ1) is 15.6. The Morgan fingerprint density at radius 1 is 1.00 bits per heavy atom. The van der Waals surface area contributed by atoms with Gasteiger partial charge in [0.25, 0.3) is 0 Å². The molecule has 0 aliphatic carbocycles. The molecule has 0 saturated carbocycles. The molecular formula is C21H23NO9S2. The molecule has 0 N–H and O–H groups in total. The molecule has 0 spiro atoms. The van der Waals surface area contributed by atoms with Gasteiger partial charge in [0.05, 0.1) is 10.2 Å². The minimum atomic E-state index is -1.11. The lowest BCUT2D eigenvalue weighted by Gasteiger charge is -2.27. The summed E-state index contributed by atoms with van der Waals surface area (Å²) < 4.78 is 28.9. The quantitative estimate of drug-likeness (QED) is 0.394. The van der Waals surface area contributed by atoms with E-state index in [1.165, 1.54) is 50.8 Å². The third kappa shape index (κ3) is 6.65. The van der Waals surface area contributed by atoms with Crippen LogP contribution in [-0.4, -0.2) is 65.3 Å². The van der Waals surface area contributed by atoms with Crippen LogP contribution in [-0.2, 0) is 42.9 Å². The molecule has 1 aromatic carbocycles. The number of hydrogen-bond acceptors (Lipinski definition) is 12. The van der Waals surface area contributed by atoms with E-state index in [0.717, 1.165) is 10.2 Å². The SMILES string of the molecule is CC(=O)OC[C@@H](OC(C)=O)[C@@H]1O[C@@H](Sc2nc3ccccc3s2)[C@H](OC(C)=O)[C@H]1OC(C)=O. The van der Waals surface area contributed by atoms with Crippen molar-refractivity contribution in [2.24, 2.45) is 0 Å². The molecule has 1 fully saturated rings. The van der Waals surface area contributed by atoms with Gasteiger partial charge in [0.1, 0.15) is 12.7 Å². The highest BCUT2D eigenvalue weighted by molar-refractivity contribution is 8.01. The van der Waals surface area contributed by atoms with E-state index in [9.17, 15) is 19.2 Å². The molecule has 12 heteroatoms. The van der Waals surface area contributed by atoms with Gasteiger partial charge in [0, 0.05) is 27.7 Å². The van der Waals surface area contributed by atoms with Gasteiger partial charge in [0.15, 0.2) is 28.1 Å². The molecule has 2 aromatic rings. The normalized spacial score (nSPS) is 23.0. The Kier molecular flexibility index (Phi) is 8.27. The van der Waals surface area contributed by atoms with E-state index in [1.54, 1.807) is 0 Å². The van der Waals surface area contributed by atoms with Crippen molar-refractivity contribution in [1.82, 2.24) is 4.98 Å². The number of thiazole rings is 1. The first-order valence-corrected chi connectivity index (χ1v) is 11.7. The summed E-state index contributed by atoms with van der Waals surface area (Å²) in [6, 6.07) is 7.57. The molecule has 3 rings (SSSR count). The van der Waals surface area contributed by atoms with Crippen LogP contribution in [0.5, 0.6) is 0 Å². The standard InChI is InChI=1S/C21H23NO9S2/c1-10(23)27-9-15(28-11(2)24)17-18(29-12(3)25)19(30-13(4)26)20(31-17)33-21-22-14-7-5-6-8-16(14)32-21/h5-8,15,17-20H,9H2,1-4H3/t15-,17+,18+,19-,20+/m1/s1. The van der Waals surface area contributed by atoms with Crippen molar-refractivity contribution in [2.45, 2.75) is 61.9 Å². The lowest BCUT2D eigenvalue weighted by molar-refractivity contribution is -0.176. The summed E-state index contributed by atoms with van der Waals surface area (Å²) in [7, 11) is 0. The topological polar surface area (TPSA) is 127 Å². The number of rotatable bonds is 8.